The molecule has 132 valence electrons. The third kappa shape index (κ3) is 3.97. The van der Waals surface area contributed by atoms with Gasteiger partial charge in [0.25, 0.3) is 0 Å². The van der Waals surface area contributed by atoms with E-state index in [1.165, 1.54) is 5.56 Å². The van der Waals surface area contributed by atoms with Crippen LogP contribution in [0.15, 0.2) is 36.4 Å². The molecule has 1 saturated heterocycles. The number of piperazine rings is 1. The lowest BCUT2D eigenvalue weighted by Crippen LogP contribution is -2.46. The van der Waals surface area contributed by atoms with Crippen LogP contribution < -0.4 is 10.6 Å². The van der Waals surface area contributed by atoms with Gasteiger partial charge in [-0.3, -0.25) is 4.90 Å². The van der Waals surface area contributed by atoms with Crippen molar-refractivity contribution < 1.29 is 0 Å². The molecular weight excluding hydrogens is 310 g/mol. The maximum Gasteiger partial charge on any atom is 0.133 e. The molecule has 5 heteroatoms. The lowest BCUT2D eigenvalue weighted by Gasteiger charge is -2.36. The number of unbranched alkanes of at least 4 members (excludes halogenated alkanes) is 1. The summed E-state index contributed by atoms with van der Waals surface area (Å²) in [5.41, 5.74) is 9.01. The summed E-state index contributed by atoms with van der Waals surface area (Å²) in [7, 11) is 0. The fraction of sp³-hybridized carbons (Fsp3) is 0.450. The van der Waals surface area contributed by atoms with Crippen LogP contribution >= 0.6 is 0 Å². The first-order valence-electron chi connectivity index (χ1n) is 9.13. The molecule has 1 aliphatic heterocycles. The molecule has 25 heavy (non-hydrogen) atoms. The summed E-state index contributed by atoms with van der Waals surface area (Å²) in [6.07, 6.45) is 2.16. The van der Waals surface area contributed by atoms with Crippen LogP contribution in [0.4, 0.5) is 11.5 Å². The molecule has 2 N–H and O–H groups in total. The molecule has 0 atom stereocenters. The van der Waals surface area contributed by atoms with Gasteiger partial charge < -0.3 is 15.2 Å². The lowest BCUT2D eigenvalue weighted by atomic mass is 10.2. The van der Waals surface area contributed by atoms with Crippen LogP contribution in [0, 0.1) is 11.3 Å². The maximum absolute atomic E-state index is 9.41. The average molecular weight is 337 g/mol. The molecule has 1 aromatic heterocycles. The van der Waals surface area contributed by atoms with Crippen LogP contribution in [0.1, 0.15) is 31.0 Å². The standard InChI is InChI=1S/C20H27N5/c1-2-3-9-25-18(15-21)14-19(22)20(25)24-12-10-23(11-13-24)16-17-7-5-4-6-8-17/h4-8,14H,2-3,9-13,16,22H2,1H3. The number of rotatable bonds is 6. The number of hydrogen-bond acceptors (Lipinski definition) is 4. The zero-order valence-electron chi connectivity index (χ0n) is 15.0. The summed E-state index contributed by atoms with van der Waals surface area (Å²) >= 11 is 0. The van der Waals surface area contributed by atoms with Crippen LogP contribution in [0.3, 0.4) is 0 Å². The second-order valence-corrected chi connectivity index (χ2v) is 6.67. The molecule has 2 aromatic rings. The Hall–Kier alpha value is -2.45. The van der Waals surface area contributed by atoms with Gasteiger partial charge in [-0.05, 0) is 18.1 Å². The van der Waals surface area contributed by atoms with E-state index >= 15 is 0 Å². The number of aromatic nitrogens is 1. The topological polar surface area (TPSA) is 61.2 Å². The van der Waals surface area contributed by atoms with Crippen molar-refractivity contribution in [2.75, 3.05) is 36.8 Å². The molecule has 0 saturated carbocycles. The number of hydrogen-bond donors (Lipinski definition) is 1. The van der Waals surface area contributed by atoms with Crippen molar-refractivity contribution in [1.29, 1.82) is 5.26 Å². The predicted molar refractivity (Wildman–Crippen MR) is 102 cm³/mol. The molecule has 0 radical (unpaired) electrons. The molecule has 1 aromatic carbocycles. The van der Waals surface area contributed by atoms with Gasteiger partial charge in [0.2, 0.25) is 0 Å². The molecule has 1 aliphatic rings. The van der Waals surface area contributed by atoms with Gasteiger partial charge in [-0.1, -0.05) is 43.7 Å². The van der Waals surface area contributed by atoms with Gasteiger partial charge in [0, 0.05) is 39.3 Å². The molecule has 0 amide bonds. The third-order valence-electron chi connectivity index (χ3n) is 4.87. The van der Waals surface area contributed by atoms with Crippen LogP contribution in [0.2, 0.25) is 0 Å². The fourth-order valence-electron chi connectivity index (χ4n) is 3.51. The van der Waals surface area contributed by atoms with Gasteiger partial charge in [0.1, 0.15) is 17.6 Å². The molecule has 1 fully saturated rings. The monoisotopic (exact) mass is 337 g/mol. The van der Waals surface area contributed by atoms with Crippen molar-refractivity contribution in [3.63, 3.8) is 0 Å². The van der Waals surface area contributed by atoms with Gasteiger partial charge in [-0.25, -0.2) is 0 Å². The Balaban J connectivity index is 1.68. The minimum absolute atomic E-state index is 0.674. The lowest BCUT2D eigenvalue weighted by molar-refractivity contribution is 0.248. The van der Waals surface area contributed by atoms with Crippen molar-refractivity contribution >= 4 is 11.5 Å². The highest BCUT2D eigenvalue weighted by molar-refractivity contribution is 5.68. The van der Waals surface area contributed by atoms with Crippen molar-refractivity contribution in [2.45, 2.75) is 32.9 Å². The SMILES string of the molecule is CCCCn1c(C#N)cc(N)c1N1CCN(Cc2ccccc2)CC1. The minimum atomic E-state index is 0.674. The quantitative estimate of drug-likeness (QED) is 0.880. The van der Waals surface area contributed by atoms with E-state index in [4.69, 9.17) is 5.73 Å². The summed E-state index contributed by atoms with van der Waals surface area (Å²) in [6, 6.07) is 14.7. The zero-order chi connectivity index (χ0) is 17.6. The molecule has 0 bridgehead atoms. The van der Waals surface area contributed by atoms with Crippen molar-refractivity contribution in [1.82, 2.24) is 9.47 Å². The van der Waals surface area contributed by atoms with E-state index < -0.39 is 0 Å². The Morgan fingerprint density at radius 3 is 2.48 bits per heavy atom. The number of anilines is 2. The first-order chi connectivity index (χ1) is 12.2. The van der Waals surface area contributed by atoms with Gasteiger partial charge in [0.15, 0.2) is 0 Å². The van der Waals surface area contributed by atoms with Gasteiger partial charge in [0.05, 0.1) is 5.69 Å². The smallest absolute Gasteiger partial charge is 0.133 e. The van der Waals surface area contributed by atoms with Crippen LogP contribution in [-0.2, 0) is 13.1 Å². The summed E-state index contributed by atoms with van der Waals surface area (Å²) in [4.78, 5) is 4.82. The third-order valence-corrected chi connectivity index (χ3v) is 4.87. The normalized spacial score (nSPS) is 15.3. The van der Waals surface area contributed by atoms with Crippen LogP contribution in [0.25, 0.3) is 0 Å². The summed E-state index contributed by atoms with van der Waals surface area (Å²) in [5.74, 6) is 1.03. The average Bonchev–Trinajstić information content (AvgIpc) is 2.97. The van der Waals surface area contributed by atoms with Gasteiger partial charge in [-0.15, -0.1) is 0 Å². The van der Waals surface area contributed by atoms with E-state index in [1.807, 2.05) is 6.07 Å². The molecule has 0 unspecified atom stereocenters. The minimum Gasteiger partial charge on any atom is -0.396 e. The van der Waals surface area contributed by atoms with E-state index in [-0.39, 0.29) is 0 Å². The maximum atomic E-state index is 9.41. The number of benzene rings is 1. The van der Waals surface area contributed by atoms with Crippen LogP contribution in [0.5, 0.6) is 0 Å². The van der Waals surface area contributed by atoms with E-state index in [9.17, 15) is 5.26 Å². The van der Waals surface area contributed by atoms with Gasteiger partial charge in [-0.2, -0.15) is 5.26 Å². The molecule has 3 rings (SSSR count). The fourth-order valence-corrected chi connectivity index (χ4v) is 3.51. The largest absolute Gasteiger partial charge is 0.396 e. The molecular formula is C20H27N5. The molecule has 0 aliphatic carbocycles. The highest BCUT2D eigenvalue weighted by atomic mass is 15.3. The Morgan fingerprint density at radius 2 is 1.84 bits per heavy atom. The van der Waals surface area contributed by atoms with E-state index in [0.29, 0.717) is 5.69 Å². The summed E-state index contributed by atoms with van der Waals surface area (Å²) in [6.45, 7) is 7.92. The number of nitrogens with two attached hydrogens (primary N) is 1. The molecule has 0 spiro atoms. The Morgan fingerprint density at radius 1 is 1.12 bits per heavy atom. The van der Waals surface area contributed by atoms with Crippen molar-refractivity contribution in [3.8, 4) is 6.07 Å². The zero-order valence-corrected chi connectivity index (χ0v) is 15.0. The highest BCUT2D eigenvalue weighted by Crippen LogP contribution is 2.29. The molecule has 5 nitrogen and oxygen atoms in total. The van der Waals surface area contributed by atoms with Crippen LogP contribution in [-0.4, -0.2) is 35.6 Å². The predicted octanol–water partition coefficient (Wildman–Crippen LogP) is 3.06. The number of nitrogens with zero attached hydrogens (tertiary/aromatic N) is 4. The first kappa shape index (κ1) is 17.4. The summed E-state index contributed by atoms with van der Waals surface area (Å²) < 4.78 is 2.10. The van der Waals surface area contributed by atoms with E-state index in [2.05, 4.69) is 57.7 Å². The molecule has 2 heterocycles. The highest BCUT2D eigenvalue weighted by Gasteiger charge is 2.23. The number of nitriles is 1. The first-order valence-corrected chi connectivity index (χ1v) is 9.13. The Bertz CT molecular complexity index is 721. The van der Waals surface area contributed by atoms with E-state index in [1.54, 1.807) is 0 Å². The van der Waals surface area contributed by atoms with E-state index in [0.717, 1.165) is 63.6 Å². The summed E-state index contributed by atoms with van der Waals surface area (Å²) in [5, 5.41) is 9.41. The Labute approximate surface area is 150 Å². The number of nitrogen functional groups attached to an aromatic ring is 1. The van der Waals surface area contributed by atoms with Crippen molar-refractivity contribution in [2.24, 2.45) is 0 Å². The second kappa shape index (κ2) is 8.09. The second-order valence-electron chi connectivity index (χ2n) is 6.67. The van der Waals surface area contributed by atoms with Gasteiger partial charge >= 0.3 is 0 Å². The van der Waals surface area contributed by atoms with Crippen molar-refractivity contribution in [3.05, 3.63) is 47.7 Å². The Kier molecular flexibility index (Phi) is 5.62.